The van der Waals surface area contributed by atoms with Crippen LogP contribution >= 0.6 is 0 Å². The molecule has 3 heteroatoms. The van der Waals surface area contributed by atoms with E-state index in [1.807, 2.05) is 0 Å². The fourth-order valence-corrected chi connectivity index (χ4v) is 1.85. The van der Waals surface area contributed by atoms with Gasteiger partial charge < -0.3 is 14.4 Å². The maximum Gasteiger partial charge on any atom is 0.157 e. The molecule has 0 aromatic rings. The lowest BCUT2D eigenvalue weighted by Crippen LogP contribution is -2.29. The summed E-state index contributed by atoms with van der Waals surface area (Å²) in [7, 11) is 5.97. The van der Waals surface area contributed by atoms with Gasteiger partial charge in [-0.15, -0.1) is 0 Å². The van der Waals surface area contributed by atoms with Gasteiger partial charge in [0.15, 0.2) is 6.29 Å². The highest BCUT2D eigenvalue weighted by Crippen LogP contribution is 2.21. The van der Waals surface area contributed by atoms with Crippen molar-refractivity contribution in [3.63, 3.8) is 0 Å². The minimum Gasteiger partial charge on any atom is -0.356 e. The molecule has 3 atom stereocenters. The van der Waals surface area contributed by atoms with Gasteiger partial charge in [-0.3, -0.25) is 0 Å². The van der Waals surface area contributed by atoms with Gasteiger partial charge in [0.05, 0.1) is 6.10 Å². The van der Waals surface area contributed by atoms with Crippen molar-refractivity contribution in [3.05, 3.63) is 0 Å². The predicted molar refractivity (Wildman–Crippen MR) is 52.7 cm³/mol. The van der Waals surface area contributed by atoms with Crippen molar-refractivity contribution >= 4 is 0 Å². The first-order valence-electron chi connectivity index (χ1n) is 4.98. The molecule has 1 rings (SSSR count). The second-order valence-electron chi connectivity index (χ2n) is 4.04. The lowest BCUT2D eigenvalue weighted by Gasteiger charge is -2.23. The molecule has 0 spiro atoms. The third-order valence-corrected chi connectivity index (χ3v) is 2.72. The van der Waals surface area contributed by atoms with Crippen molar-refractivity contribution in [3.8, 4) is 0 Å². The Bertz CT molecular complexity index is 150. The first kappa shape index (κ1) is 11.0. The molecular weight excluding hydrogens is 166 g/mol. The standard InChI is InChI=1S/C10H21NO2/c1-8-7-9(11(2)3)5-6-10(12-4)13-8/h8-10H,5-7H2,1-4H3/t8?,9-,10?/m1/s1. The molecule has 0 bridgehead atoms. The zero-order chi connectivity index (χ0) is 9.84. The molecule has 0 amide bonds. The van der Waals surface area contributed by atoms with E-state index < -0.39 is 0 Å². The second-order valence-corrected chi connectivity index (χ2v) is 4.04. The number of rotatable bonds is 2. The molecule has 0 saturated carbocycles. The topological polar surface area (TPSA) is 21.7 Å². The molecule has 0 aliphatic carbocycles. The summed E-state index contributed by atoms with van der Waals surface area (Å²) < 4.78 is 10.9. The molecule has 0 N–H and O–H groups in total. The normalized spacial score (nSPS) is 36.2. The van der Waals surface area contributed by atoms with Gasteiger partial charge in [-0.1, -0.05) is 0 Å². The van der Waals surface area contributed by atoms with E-state index in [0.29, 0.717) is 12.1 Å². The van der Waals surface area contributed by atoms with E-state index >= 15 is 0 Å². The monoisotopic (exact) mass is 187 g/mol. The summed E-state index contributed by atoms with van der Waals surface area (Å²) in [5, 5.41) is 0. The molecule has 1 aliphatic rings. The third-order valence-electron chi connectivity index (χ3n) is 2.72. The number of nitrogens with zero attached hydrogens (tertiary/aromatic N) is 1. The zero-order valence-electron chi connectivity index (χ0n) is 9.12. The fraction of sp³-hybridized carbons (Fsp3) is 1.00. The number of hydrogen-bond donors (Lipinski definition) is 0. The van der Waals surface area contributed by atoms with Crippen LogP contribution in [-0.4, -0.2) is 44.5 Å². The zero-order valence-corrected chi connectivity index (χ0v) is 9.12. The van der Waals surface area contributed by atoms with Crippen LogP contribution in [0.1, 0.15) is 26.2 Å². The van der Waals surface area contributed by atoms with Crippen LogP contribution < -0.4 is 0 Å². The van der Waals surface area contributed by atoms with Gasteiger partial charge >= 0.3 is 0 Å². The molecule has 0 radical (unpaired) electrons. The second kappa shape index (κ2) is 4.94. The molecular formula is C10H21NO2. The number of hydrogen-bond acceptors (Lipinski definition) is 3. The predicted octanol–water partition coefficient (Wildman–Crippen LogP) is 1.48. The minimum absolute atomic E-state index is 0.0000463. The van der Waals surface area contributed by atoms with E-state index in [1.54, 1.807) is 7.11 Å². The smallest absolute Gasteiger partial charge is 0.157 e. The fourth-order valence-electron chi connectivity index (χ4n) is 1.85. The van der Waals surface area contributed by atoms with E-state index in [9.17, 15) is 0 Å². The van der Waals surface area contributed by atoms with Crippen molar-refractivity contribution in [2.45, 2.75) is 44.6 Å². The largest absolute Gasteiger partial charge is 0.356 e. The van der Waals surface area contributed by atoms with Crippen LogP contribution in [0.25, 0.3) is 0 Å². The highest BCUT2D eigenvalue weighted by atomic mass is 16.7. The van der Waals surface area contributed by atoms with Crippen molar-refractivity contribution in [1.29, 1.82) is 0 Å². The molecule has 78 valence electrons. The summed E-state index contributed by atoms with van der Waals surface area (Å²) in [6, 6.07) is 0.634. The maximum atomic E-state index is 5.69. The Hall–Kier alpha value is -0.120. The van der Waals surface area contributed by atoms with E-state index in [2.05, 4.69) is 25.9 Å². The molecule has 0 aromatic heterocycles. The first-order chi connectivity index (χ1) is 6.13. The van der Waals surface area contributed by atoms with Gasteiger partial charge in [-0.05, 0) is 40.3 Å². The average Bonchev–Trinajstić information content (AvgIpc) is 2.26. The van der Waals surface area contributed by atoms with Crippen LogP contribution in [0.4, 0.5) is 0 Å². The lowest BCUT2D eigenvalue weighted by atomic mass is 10.1. The highest BCUT2D eigenvalue weighted by molar-refractivity contribution is 4.74. The summed E-state index contributed by atoms with van der Waals surface area (Å²) in [5.41, 5.74) is 0. The summed E-state index contributed by atoms with van der Waals surface area (Å²) >= 11 is 0. The van der Waals surface area contributed by atoms with Gasteiger partial charge in [0.1, 0.15) is 0 Å². The van der Waals surface area contributed by atoms with Crippen LogP contribution in [0, 0.1) is 0 Å². The Morgan fingerprint density at radius 2 is 2.00 bits per heavy atom. The van der Waals surface area contributed by atoms with Crippen molar-refractivity contribution in [2.75, 3.05) is 21.2 Å². The third kappa shape index (κ3) is 3.25. The number of ether oxygens (including phenoxy) is 2. The van der Waals surface area contributed by atoms with Gasteiger partial charge in [-0.25, -0.2) is 0 Å². The van der Waals surface area contributed by atoms with Gasteiger partial charge in [-0.2, -0.15) is 0 Å². The summed E-state index contributed by atoms with van der Waals surface area (Å²) in [4.78, 5) is 2.28. The summed E-state index contributed by atoms with van der Waals surface area (Å²) in [6.45, 7) is 2.12. The van der Waals surface area contributed by atoms with Crippen LogP contribution in [0.5, 0.6) is 0 Å². The molecule has 1 saturated heterocycles. The molecule has 1 heterocycles. The van der Waals surface area contributed by atoms with Crippen LogP contribution in [0.3, 0.4) is 0 Å². The number of methoxy groups -OCH3 is 1. The Morgan fingerprint density at radius 1 is 1.31 bits per heavy atom. The molecule has 1 fully saturated rings. The SMILES string of the molecule is COC1CC[C@@H](N(C)C)CC(C)O1. The Kier molecular flexibility index (Phi) is 4.16. The Labute approximate surface area is 81.0 Å². The van der Waals surface area contributed by atoms with Crippen LogP contribution in [0.15, 0.2) is 0 Å². The average molecular weight is 187 g/mol. The van der Waals surface area contributed by atoms with Crippen molar-refractivity contribution in [1.82, 2.24) is 4.90 Å². The van der Waals surface area contributed by atoms with Crippen molar-refractivity contribution < 1.29 is 9.47 Å². The van der Waals surface area contributed by atoms with E-state index in [0.717, 1.165) is 19.3 Å². The van der Waals surface area contributed by atoms with E-state index in [-0.39, 0.29) is 6.29 Å². The lowest BCUT2D eigenvalue weighted by molar-refractivity contribution is -0.147. The van der Waals surface area contributed by atoms with Gasteiger partial charge in [0, 0.05) is 13.2 Å². The highest BCUT2D eigenvalue weighted by Gasteiger charge is 2.24. The van der Waals surface area contributed by atoms with Gasteiger partial charge in [0.25, 0.3) is 0 Å². The first-order valence-corrected chi connectivity index (χ1v) is 4.98. The van der Waals surface area contributed by atoms with Crippen LogP contribution in [-0.2, 0) is 9.47 Å². The molecule has 13 heavy (non-hydrogen) atoms. The van der Waals surface area contributed by atoms with E-state index in [1.165, 1.54) is 0 Å². The van der Waals surface area contributed by atoms with Crippen LogP contribution in [0.2, 0.25) is 0 Å². The van der Waals surface area contributed by atoms with E-state index in [4.69, 9.17) is 9.47 Å². The Morgan fingerprint density at radius 3 is 2.54 bits per heavy atom. The summed E-state index contributed by atoms with van der Waals surface area (Å²) in [5.74, 6) is 0. The summed E-state index contributed by atoms with van der Waals surface area (Å²) in [6.07, 6.45) is 3.58. The minimum atomic E-state index is -0.0000463. The van der Waals surface area contributed by atoms with Crippen molar-refractivity contribution in [2.24, 2.45) is 0 Å². The Balaban J connectivity index is 2.47. The quantitative estimate of drug-likeness (QED) is 0.653. The maximum absolute atomic E-state index is 5.69. The molecule has 0 aromatic carbocycles. The molecule has 1 aliphatic heterocycles. The van der Waals surface area contributed by atoms with Gasteiger partial charge in [0.2, 0.25) is 0 Å². The molecule has 2 unspecified atom stereocenters. The molecule has 3 nitrogen and oxygen atoms in total.